The molecule has 2 heterocycles. The number of likely N-dealkylation sites (tertiary alicyclic amines) is 1. The number of sulfonamides is 1. The minimum Gasteiger partial charge on any atom is -0.454 e. The molecule has 9 heteroatoms. The summed E-state index contributed by atoms with van der Waals surface area (Å²) in [5.41, 5.74) is 0.411. The molecule has 0 radical (unpaired) electrons. The van der Waals surface area contributed by atoms with Crippen LogP contribution in [0.2, 0.25) is 0 Å². The molecule has 0 unspecified atom stereocenters. The van der Waals surface area contributed by atoms with E-state index in [4.69, 9.17) is 4.74 Å². The van der Waals surface area contributed by atoms with Gasteiger partial charge in [0.1, 0.15) is 11.9 Å². The lowest BCUT2D eigenvalue weighted by Gasteiger charge is -2.38. The Kier molecular flexibility index (Phi) is 5.74. The third kappa shape index (κ3) is 4.04. The predicted molar refractivity (Wildman–Crippen MR) is 103 cm³/mol. The molecule has 3 atom stereocenters. The lowest BCUT2D eigenvalue weighted by Crippen LogP contribution is -2.49. The van der Waals surface area contributed by atoms with E-state index in [1.165, 1.54) is 13.0 Å². The second kappa shape index (κ2) is 7.90. The van der Waals surface area contributed by atoms with Crippen molar-refractivity contribution in [1.82, 2.24) is 9.62 Å². The van der Waals surface area contributed by atoms with Crippen LogP contribution in [-0.4, -0.2) is 55.8 Å². The minimum absolute atomic E-state index is 0.102. The molecule has 1 N–H and O–H groups in total. The Bertz CT molecular complexity index is 902. The second-order valence-electron chi connectivity index (χ2n) is 7.29. The van der Waals surface area contributed by atoms with Crippen LogP contribution < -0.4 is 4.72 Å². The topological polar surface area (TPSA) is 105 Å². The number of aliphatic imine (C=N–C) groups is 1. The number of hydrogen-bond acceptors (Lipinski definition) is 6. The molecule has 0 bridgehead atoms. The number of nitrogens with zero attached hydrogens (tertiary/aromatic N) is 2. The van der Waals surface area contributed by atoms with Crippen molar-refractivity contribution in [3.05, 3.63) is 29.8 Å². The van der Waals surface area contributed by atoms with Gasteiger partial charge in [-0.15, -0.1) is 0 Å². The van der Waals surface area contributed by atoms with E-state index in [-0.39, 0.29) is 35.3 Å². The summed E-state index contributed by atoms with van der Waals surface area (Å²) in [6, 6.07) is 5.70. The van der Waals surface area contributed by atoms with E-state index in [9.17, 15) is 18.0 Å². The number of amides is 1. The minimum atomic E-state index is -3.67. The number of amidine groups is 1. The smallest absolute Gasteiger partial charge is 0.331 e. The highest BCUT2D eigenvalue weighted by atomic mass is 32.2. The Labute approximate surface area is 165 Å². The van der Waals surface area contributed by atoms with Gasteiger partial charge in [0.05, 0.1) is 4.90 Å². The van der Waals surface area contributed by atoms with E-state index in [2.05, 4.69) is 9.71 Å². The van der Waals surface area contributed by atoms with Crippen molar-refractivity contribution < 1.29 is 22.7 Å². The summed E-state index contributed by atoms with van der Waals surface area (Å²) in [5, 5.41) is 0. The summed E-state index contributed by atoms with van der Waals surface area (Å²) in [6.45, 7) is 5.15. The number of rotatable bonds is 4. The Balaban J connectivity index is 1.64. The molecule has 1 fully saturated rings. The van der Waals surface area contributed by atoms with Crippen molar-refractivity contribution >= 4 is 27.7 Å². The Morgan fingerprint density at radius 2 is 1.89 bits per heavy atom. The highest BCUT2D eigenvalue weighted by Gasteiger charge is 2.32. The van der Waals surface area contributed by atoms with Crippen molar-refractivity contribution in [3.63, 3.8) is 0 Å². The van der Waals surface area contributed by atoms with Gasteiger partial charge in [0.2, 0.25) is 0 Å². The molecule has 1 amide bonds. The van der Waals surface area contributed by atoms with Crippen molar-refractivity contribution in [3.8, 4) is 0 Å². The van der Waals surface area contributed by atoms with Crippen LogP contribution in [0, 0.1) is 0 Å². The van der Waals surface area contributed by atoms with Crippen LogP contribution in [0.25, 0.3) is 0 Å². The molecule has 3 rings (SSSR count). The quantitative estimate of drug-likeness (QED) is 0.761. The number of hydrogen-bond donors (Lipinski definition) is 1. The van der Waals surface area contributed by atoms with E-state index < -0.39 is 22.0 Å². The van der Waals surface area contributed by atoms with E-state index >= 15 is 0 Å². The normalized spacial score (nSPS) is 25.7. The molecular formula is C19H25N3O5S. The van der Waals surface area contributed by atoms with Gasteiger partial charge in [-0.05, 0) is 52.2 Å². The average molecular weight is 407 g/mol. The van der Waals surface area contributed by atoms with Gasteiger partial charge < -0.3 is 9.64 Å². The van der Waals surface area contributed by atoms with Gasteiger partial charge >= 0.3 is 5.97 Å². The molecule has 1 saturated heterocycles. The molecule has 2 aliphatic rings. The fraction of sp³-hybridized carbons (Fsp3) is 0.526. The average Bonchev–Trinajstić information content (AvgIpc) is 2.90. The largest absolute Gasteiger partial charge is 0.454 e. The number of carbonyl (C=O) groups excluding carboxylic acids is 2. The third-order valence-corrected chi connectivity index (χ3v) is 6.54. The number of nitrogens with one attached hydrogen (secondary N) is 1. The molecule has 0 spiro atoms. The molecule has 8 nitrogen and oxygen atoms in total. The fourth-order valence-corrected chi connectivity index (χ4v) is 4.96. The fourth-order valence-electron chi connectivity index (χ4n) is 3.72. The lowest BCUT2D eigenvalue weighted by atomic mass is 9.97. The maximum atomic E-state index is 12.5. The molecule has 1 aromatic rings. The monoisotopic (exact) mass is 407 g/mol. The molecule has 2 aliphatic heterocycles. The molecular weight excluding hydrogens is 382 g/mol. The SMILES string of the molecule is C[C@H](N=C1NS(=O)(=O)c2ccccc21)C(=O)OCC(=O)N1[C@@H](C)CCC[C@@H]1C. The zero-order chi connectivity index (χ0) is 20.5. The van der Waals surface area contributed by atoms with Gasteiger partial charge in [0.15, 0.2) is 6.61 Å². The molecule has 0 aromatic heterocycles. The van der Waals surface area contributed by atoms with Crippen LogP contribution in [0.4, 0.5) is 0 Å². The number of ether oxygens (including phenoxy) is 1. The summed E-state index contributed by atoms with van der Waals surface area (Å²) >= 11 is 0. The number of benzene rings is 1. The predicted octanol–water partition coefficient (Wildman–Crippen LogP) is 1.45. The molecule has 28 heavy (non-hydrogen) atoms. The zero-order valence-electron chi connectivity index (χ0n) is 16.2. The van der Waals surface area contributed by atoms with Crippen LogP contribution in [0.15, 0.2) is 34.2 Å². The Morgan fingerprint density at radius 3 is 2.57 bits per heavy atom. The first kappa shape index (κ1) is 20.3. The van der Waals surface area contributed by atoms with Gasteiger partial charge in [-0.2, -0.15) is 0 Å². The standard InChI is InChI=1S/C19H25N3O5S/c1-12-7-6-8-13(2)22(12)17(23)11-27-19(24)14(3)20-18-15-9-4-5-10-16(15)28(25,26)21-18/h4-5,9-10,12-14H,6-8,11H2,1-3H3,(H,20,21)/t12-,13-,14-/m0/s1. The van der Waals surface area contributed by atoms with E-state index in [1.54, 1.807) is 23.1 Å². The Morgan fingerprint density at radius 1 is 1.25 bits per heavy atom. The summed E-state index contributed by atoms with van der Waals surface area (Å²) in [4.78, 5) is 30.8. The van der Waals surface area contributed by atoms with Gasteiger partial charge in [-0.1, -0.05) is 12.1 Å². The van der Waals surface area contributed by atoms with Gasteiger partial charge in [-0.3, -0.25) is 14.5 Å². The zero-order valence-corrected chi connectivity index (χ0v) is 17.0. The van der Waals surface area contributed by atoms with Crippen molar-refractivity contribution in [2.45, 2.75) is 63.1 Å². The van der Waals surface area contributed by atoms with E-state index in [0.29, 0.717) is 5.56 Å². The molecule has 0 aliphatic carbocycles. The van der Waals surface area contributed by atoms with Crippen LogP contribution in [0.3, 0.4) is 0 Å². The number of esters is 1. The second-order valence-corrected chi connectivity index (χ2v) is 8.94. The summed E-state index contributed by atoms with van der Waals surface area (Å²) in [5.74, 6) is -0.800. The van der Waals surface area contributed by atoms with E-state index in [1.807, 2.05) is 13.8 Å². The maximum absolute atomic E-state index is 12.5. The van der Waals surface area contributed by atoms with Gasteiger partial charge in [0, 0.05) is 17.6 Å². The maximum Gasteiger partial charge on any atom is 0.331 e. The highest BCUT2D eigenvalue weighted by molar-refractivity contribution is 7.90. The van der Waals surface area contributed by atoms with Crippen LogP contribution >= 0.6 is 0 Å². The van der Waals surface area contributed by atoms with Crippen molar-refractivity contribution in [1.29, 1.82) is 0 Å². The van der Waals surface area contributed by atoms with Crippen LogP contribution in [0.5, 0.6) is 0 Å². The molecule has 1 aromatic carbocycles. The van der Waals surface area contributed by atoms with Crippen molar-refractivity contribution in [2.24, 2.45) is 4.99 Å². The number of carbonyl (C=O) groups is 2. The van der Waals surface area contributed by atoms with Gasteiger partial charge in [0.25, 0.3) is 15.9 Å². The van der Waals surface area contributed by atoms with Crippen LogP contribution in [-0.2, 0) is 24.3 Å². The molecule has 0 saturated carbocycles. The Hall–Kier alpha value is -2.42. The lowest BCUT2D eigenvalue weighted by molar-refractivity contribution is -0.155. The number of fused-ring (bicyclic) bond motifs is 1. The first-order valence-corrected chi connectivity index (χ1v) is 10.9. The highest BCUT2D eigenvalue weighted by Crippen LogP contribution is 2.23. The van der Waals surface area contributed by atoms with E-state index in [0.717, 1.165) is 19.3 Å². The van der Waals surface area contributed by atoms with Gasteiger partial charge in [-0.25, -0.2) is 13.2 Å². The first-order chi connectivity index (χ1) is 13.2. The summed E-state index contributed by atoms with van der Waals surface area (Å²) in [7, 11) is -3.67. The first-order valence-electron chi connectivity index (χ1n) is 9.38. The summed E-state index contributed by atoms with van der Waals surface area (Å²) in [6.07, 6.45) is 2.96. The molecule has 152 valence electrons. The number of piperidine rings is 1. The van der Waals surface area contributed by atoms with Crippen molar-refractivity contribution in [2.75, 3.05) is 6.61 Å². The third-order valence-electron chi connectivity index (χ3n) is 5.15. The summed E-state index contributed by atoms with van der Waals surface area (Å²) < 4.78 is 31.7. The van der Waals surface area contributed by atoms with Crippen LogP contribution in [0.1, 0.15) is 45.6 Å².